The summed E-state index contributed by atoms with van der Waals surface area (Å²) in [6.45, 7) is 1.40. The van der Waals surface area contributed by atoms with Crippen LogP contribution in [-0.2, 0) is 24.2 Å². The van der Waals surface area contributed by atoms with Gasteiger partial charge in [0.25, 0.3) is 0 Å². The van der Waals surface area contributed by atoms with E-state index in [0.29, 0.717) is 29.2 Å². The minimum atomic E-state index is -3.70. The van der Waals surface area contributed by atoms with Gasteiger partial charge in [-0.25, -0.2) is 8.42 Å². The van der Waals surface area contributed by atoms with Gasteiger partial charge in [0.15, 0.2) is 9.84 Å². The first-order valence-corrected chi connectivity index (χ1v) is 11.8. The van der Waals surface area contributed by atoms with Crippen molar-refractivity contribution in [3.05, 3.63) is 42.5 Å². The van der Waals surface area contributed by atoms with Crippen molar-refractivity contribution in [2.24, 2.45) is 0 Å². The summed E-state index contributed by atoms with van der Waals surface area (Å²) in [5.41, 5.74) is 1.57. The molecule has 3 N–H and O–H groups in total. The molecule has 3 rings (SSSR count). The van der Waals surface area contributed by atoms with Crippen molar-refractivity contribution in [1.29, 1.82) is 0 Å². The zero-order valence-electron chi connectivity index (χ0n) is 16.2. The van der Waals surface area contributed by atoms with Crippen LogP contribution in [-0.4, -0.2) is 37.6 Å². The van der Waals surface area contributed by atoms with Gasteiger partial charge in [0, 0.05) is 41.8 Å². The van der Waals surface area contributed by atoms with Crippen molar-refractivity contribution in [2.75, 3.05) is 27.5 Å². The summed E-state index contributed by atoms with van der Waals surface area (Å²) >= 11 is 1.49. The lowest BCUT2D eigenvalue weighted by Crippen LogP contribution is -2.18. The third-order valence-corrected chi connectivity index (χ3v) is 7.05. The molecule has 0 spiro atoms. The van der Waals surface area contributed by atoms with Gasteiger partial charge >= 0.3 is 0 Å². The molecule has 1 heterocycles. The highest BCUT2D eigenvalue weighted by Gasteiger charge is 2.20. The van der Waals surface area contributed by atoms with Crippen LogP contribution in [0.15, 0.2) is 52.3 Å². The Morgan fingerprint density at radius 3 is 2.40 bits per heavy atom. The van der Waals surface area contributed by atoms with Crippen molar-refractivity contribution < 1.29 is 22.8 Å². The standard InChI is InChI=1S/C20H21N3O5S2/c1-13(24)21-14-2-4-15(5-3-14)22-20(26)9-11-30(27,28)16-6-7-18-17(12-16)23-19(25)8-10-29-18/h2-7,12H,8-11H2,1H3,(H,21,24)(H,22,26)(H,23,25). The molecule has 0 radical (unpaired) electrons. The summed E-state index contributed by atoms with van der Waals surface area (Å²) in [6.07, 6.45) is 0.154. The number of carbonyl (C=O) groups is 3. The maximum atomic E-state index is 12.6. The number of benzene rings is 2. The van der Waals surface area contributed by atoms with Gasteiger partial charge in [-0.3, -0.25) is 14.4 Å². The lowest BCUT2D eigenvalue weighted by Gasteiger charge is -2.10. The quantitative estimate of drug-likeness (QED) is 0.626. The Kier molecular flexibility index (Phi) is 6.78. The number of amides is 3. The zero-order chi connectivity index (χ0) is 21.7. The van der Waals surface area contributed by atoms with Crippen molar-refractivity contribution in [3.63, 3.8) is 0 Å². The predicted molar refractivity (Wildman–Crippen MR) is 116 cm³/mol. The van der Waals surface area contributed by atoms with Crippen LogP contribution in [0.25, 0.3) is 0 Å². The largest absolute Gasteiger partial charge is 0.326 e. The van der Waals surface area contributed by atoms with Crippen molar-refractivity contribution in [3.8, 4) is 0 Å². The van der Waals surface area contributed by atoms with Crippen molar-refractivity contribution in [2.45, 2.75) is 29.6 Å². The van der Waals surface area contributed by atoms with Gasteiger partial charge < -0.3 is 16.0 Å². The average molecular weight is 448 g/mol. The lowest BCUT2D eigenvalue weighted by molar-refractivity contribution is -0.116. The van der Waals surface area contributed by atoms with Gasteiger partial charge in [0.05, 0.1) is 16.3 Å². The Balaban J connectivity index is 1.61. The summed E-state index contributed by atoms with van der Waals surface area (Å²) in [5.74, 6) is -0.517. The Bertz CT molecular complexity index is 1080. The van der Waals surface area contributed by atoms with Crippen LogP contribution in [0.4, 0.5) is 17.1 Å². The van der Waals surface area contributed by atoms with E-state index in [1.54, 1.807) is 30.3 Å². The van der Waals surface area contributed by atoms with E-state index in [2.05, 4.69) is 16.0 Å². The van der Waals surface area contributed by atoms with Gasteiger partial charge in [-0.15, -0.1) is 11.8 Å². The van der Waals surface area contributed by atoms with E-state index in [-0.39, 0.29) is 28.9 Å². The first kappa shape index (κ1) is 21.8. The zero-order valence-corrected chi connectivity index (χ0v) is 17.9. The number of sulfone groups is 1. The van der Waals surface area contributed by atoms with Crippen LogP contribution in [0, 0.1) is 0 Å². The maximum absolute atomic E-state index is 12.6. The summed E-state index contributed by atoms with van der Waals surface area (Å²) in [6, 6.07) is 11.1. The molecule has 10 heteroatoms. The van der Waals surface area contributed by atoms with E-state index in [1.807, 2.05) is 0 Å². The molecular formula is C20H21N3O5S2. The highest BCUT2D eigenvalue weighted by atomic mass is 32.2. The van der Waals surface area contributed by atoms with E-state index < -0.39 is 15.7 Å². The molecule has 3 amide bonds. The average Bonchev–Trinajstić information content (AvgIpc) is 2.87. The van der Waals surface area contributed by atoms with Crippen LogP contribution < -0.4 is 16.0 Å². The summed E-state index contributed by atoms with van der Waals surface area (Å²) in [5, 5.41) is 7.97. The second-order valence-corrected chi connectivity index (χ2v) is 9.93. The SMILES string of the molecule is CC(=O)Nc1ccc(NC(=O)CCS(=O)(=O)c2ccc3c(c2)NC(=O)CCS3)cc1. The molecule has 0 saturated heterocycles. The summed E-state index contributed by atoms with van der Waals surface area (Å²) in [4.78, 5) is 35.8. The molecule has 0 aromatic heterocycles. The number of nitrogens with one attached hydrogen (secondary N) is 3. The smallest absolute Gasteiger partial charge is 0.225 e. The summed E-state index contributed by atoms with van der Waals surface area (Å²) < 4.78 is 25.3. The number of carbonyl (C=O) groups excluding carboxylic acids is 3. The fraction of sp³-hybridized carbons (Fsp3) is 0.250. The fourth-order valence-corrected chi connectivity index (χ4v) is 5.00. The van der Waals surface area contributed by atoms with Crippen LogP contribution >= 0.6 is 11.8 Å². The molecule has 0 aliphatic carbocycles. The molecule has 8 nitrogen and oxygen atoms in total. The van der Waals surface area contributed by atoms with Crippen LogP contribution in [0.5, 0.6) is 0 Å². The van der Waals surface area contributed by atoms with E-state index in [1.165, 1.54) is 30.8 Å². The van der Waals surface area contributed by atoms with Gasteiger partial charge in [-0.05, 0) is 42.5 Å². The van der Waals surface area contributed by atoms with Gasteiger partial charge in [0.1, 0.15) is 0 Å². The number of hydrogen-bond acceptors (Lipinski definition) is 6. The Hall–Kier alpha value is -2.85. The third-order valence-electron chi connectivity index (χ3n) is 4.26. The van der Waals surface area contributed by atoms with Crippen LogP contribution in [0.2, 0.25) is 0 Å². The van der Waals surface area contributed by atoms with E-state index >= 15 is 0 Å². The molecule has 2 aromatic rings. The number of thioether (sulfide) groups is 1. The van der Waals surface area contributed by atoms with Gasteiger partial charge in [-0.2, -0.15) is 0 Å². The van der Waals surface area contributed by atoms with Gasteiger partial charge in [-0.1, -0.05) is 0 Å². The van der Waals surface area contributed by atoms with E-state index in [9.17, 15) is 22.8 Å². The second kappa shape index (κ2) is 9.31. The van der Waals surface area contributed by atoms with Crippen LogP contribution in [0.3, 0.4) is 0 Å². The molecule has 158 valence electrons. The Morgan fingerprint density at radius 2 is 1.73 bits per heavy atom. The highest BCUT2D eigenvalue weighted by Crippen LogP contribution is 2.33. The number of hydrogen-bond donors (Lipinski definition) is 3. The number of fused-ring (bicyclic) bond motifs is 1. The van der Waals surface area contributed by atoms with Crippen LogP contribution in [0.1, 0.15) is 19.8 Å². The highest BCUT2D eigenvalue weighted by molar-refractivity contribution is 7.99. The second-order valence-electron chi connectivity index (χ2n) is 6.68. The molecule has 0 atom stereocenters. The molecule has 30 heavy (non-hydrogen) atoms. The molecule has 1 aliphatic heterocycles. The molecule has 0 fully saturated rings. The lowest BCUT2D eigenvalue weighted by atomic mass is 10.2. The predicted octanol–water partition coefficient (Wildman–Crippen LogP) is 2.88. The van der Waals surface area contributed by atoms with E-state index in [0.717, 1.165) is 4.90 Å². The molecule has 0 saturated carbocycles. The Morgan fingerprint density at radius 1 is 1.07 bits per heavy atom. The minimum Gasteiger partial charge on any atom is -0.326 e. The maximum Gasteiger partial charge on any atom is 0.225 e. The molecule has 2 aromatic carbocycles. The molecule has 0 unspecified atom stereocenters. The molecular weight excluding hydrogens is 426 g/mol. The Labute approximate surface area is 178 Å². The first-order valence-electron chi connectivity index (χ1n) is 9.20. The monoisotopic (exact) mass is 447 g/mol. The normalized spacial score (nSPS) is 13.6. The molecule has 0 bridgehead atoms. The summed E-state index contributed by atoms with van der Waals surface area (Å²) in [7, 11) is -3.70. The first-order chi connectivity index (χ1) is 14.2. The molecule has 1 aliphatic rings. The number of rotatable bonds is 6. The topological polar surface area (TPSA) is 121 Å². The van der Waals surface area contributed by atoms with E-state index in [4.69, 9.17) is 0 Å². The number of anilines is 3. The van der Waals surface area contributed by atoms with Crippen molar-refractivity contribution >= 4 is 56.4 Å². The fourth-order valence-electron chi connectivity index (χ4n) is 2.80. The van der Waals surface area contributed by atoms with Crippen molar-refractivity contribution in [1.82, 2.24) is 0 Å². The minimum absolute atomic E-state index is 0.0662. The van der Waals surface area contributed by atoms with Gasteiger partial charge in [0.2, 0.25) is 17.7 Å². The third kappa shape index (κ3) is 5.83.